The van der Waals surface area contributed by atoms with E-state index in [0.29, 0.717) is 24.9 Å². The van der Waals surface area contributed by atoms with E-state index in [1.807, 2.05) is 48.5 Å². The average Bonchev–Trinajstić information content (AvgIpc) is 2.75. The summed E-state index contributed by atoms with van der Waals surface area (Å²) in [6, 6.07) is 25.9. The van der Waals surface area contributed by atoms with Gasteiger partial charge in [0.15, 0.2) is 0 Å². The Labute approximate surface area is 164 Å². The first-order chi connectivity index (χ1) is 13.7. The summed E-state index contributed by atoms with van der Waals surface area (Å²) < 4.78 is 0. The molecule has 0 spiro atoms. The first-order valence-corrected chi connectivity index (χ1v) is 9.51. The monoisotopic (exact) mass is 370 g/mol. The molecule has 1 aliphatic heterocycles. The van der Waals surface area contributed by atoms with Crippen LogP contribution in [0.15, 0.2) is 78.9 Å². The number of nitrogens with one attached hydrogen (secondary N) is 2. The van der Waals surface area contributed by atoms with Gasteiger partial charge in [-0.3, -0.25) is 9.59 Å². The zero-order valence-corrected chi connectivity index (χ0v) is 15.5. The zero-order valence-electron chi connectivity index (χ0n) is 15.5. The maximum absolute atomic E-state index is 12.8. The van der Waals surface area contributed by atoms with Crippen molar-refractivity contribution in [3.05, 3.63) is 101 Å². The Bertz CT molecular complexity index is 945. The largest absolute Gasteiger partial charge is 0.351 e. The number of benzene rings is 3. The van der Waals surface area contributed by atoms with E-state index in [0.717, 1.165) is 11.3 Å². The van der Waals surface area contributed by atoms with Gasteiger partial charge in [-0.2, -0.15) is 0 Å². The molecule has 0 aromatic heterocycles. The summed E-state index contributed by atoms with van der Waals surface area (Å²) in [5.74, 6) is 0.0121. The number of amides is 2. The van der Waals surface area contributed by atoms with E-state index in [2.05, 4.69) is 34.9 Å². The van der Waals surface area contributed by atoms with Crippen molar-refractivity contribution in [2.24, 2.45) is 0 Å². The summed E-state index contributed by atoms with van der Waals surface area (Å²) in [4.78, 5) is 24.3. The summed E-state index contributed by atoms with van der Waals surface area (Å²) in [5.41, 5.74) is 4.77. The van der Waals surface area contributed by atoms with E-state index < -0.39 is 0 Å². The van der Waals surface area contributed by atoms with Crippen LogP contribution in [0.3, 0.4) is 0 Å². The lowest BCUT2D eigenvalue weighted by Crippen LogP contribution is -2.29. The topological polar surface area (TPSA) is 58.2 Å². The second-order valence-electron chi connectivity index (χ2n) is 7.00. The molecule has 1 aliphatic rings. The number of carbonyl (C=O) groups excluding carboxylic acids is 2. The molecule has 0 radical (unpaired) electrons. The highest BCUT2D eigenvalue weighted by molar-refractivity contribution is 5.98. The second kappa shape index (κ2) is 8.09. The number of aryl methyl sites for hydroxylation is 1. The molecule has 0 bridgehead atoms. The lowest BCUT2D eigenvalue weighted by Gasteiger charge is -2.20. The standard InChI is InChI=1S/C24H22N2O2/c27-23-14-12-19-15-20(11-13-22(19)26-23)24(28)25-16-21(17-7-3-1-4-8-17)18-9-5-2-6-10-18/h1-11,13,15,21H,12,14,16H2,(H,25,28)(H,26,27). The van der Waals surface area contributed by atoms with E-state index in [4.69, 9.17) is 0 Å². The summed E-state index contributed by atoms with van der Waals surface area (Å²) in [6.07, 6.45) is 1.13. The summed E-state index contributed by atoms with van der Waals surface area (Å²) in [5, 5.41) is 5.93. The smallest absolute Gasteiger partial charge is 0.251 e. The molecule has 2 N–H and O–H groups in total. The third kappa shape index (κ3) is 3.96. The first-order valence-electron chi connectivity index (χ1n) is 9.51. The molecule has 0 saturated heterocycles. The van der Waals surface area contributed by atoms with E-state index in [1.165, 1.54) is 11.1 Å². The van der Waals surface area contributed by atoms with Gasteiger partial charge in [0, 0.05) is 30.1 Å². The number of hydrogen-bond acceptors (Lipinski definition) is 2. The van der Waals surface area contributed by atoms with Gasteiger partial charge in [0.2, 0.25) is 5.91 Å². The van der Waals surface area contributed by atoms with Crippen molar-refractivity contribution < 1.29 is 9.59 Å². The van der Waals surface area contributed by atoms with Crippen molar-refractivity contribution in [3.8, 4) is 0 Å². The minimum absolute atomic E-state index is 0.0262. The van der Waals surface area contributed by atoms with Crippen LogP contribution >= 0.6 is 0 Å². The van der Waals surface area contributed by atoms with Crippen LogP contribution in [0.5, 0.6) is 0 Å². The van der Waals surface area contributed by atoms with Gasteiger partial charge in [-0.05, 0) is 41.3 Å². The Balaban J connectivity index is 1.51. The average molecular weight is 370 g/mol. The van der Waals surface area contributed by atoms with Gasteiger partial charge in [-0.15, -0.1) is 0 Å². The van der Waals surface area contributed by atoms with Crippen LogP contribution in [0.2, 0.25) is 0 Å². The van der Waals surface area contributed by atoms with Crippen LogP contribution in [0.1, 0.15) is 39.4 Å². The highest BCUT2D eigenvalue weighted by atomic mass is 16.2. The molecule has 0 fully saturated rings. The SMILES string of the molecule is O=C1CCc2cc(C(=O)NCC(c3ccccc3)c3ccccc3)ccc2N1. The van der Waals surface area contributed by atoms with Crippen molar-refractivity contribution in [3.63, 3.8) is 0 Å². The Kier molecular flexibility index (Phi) is 5.20. The van der Waals surface area contributed by atoms with Gasteiger partial charge in [-0.1, -0.05) is 60.7 Å². The van der Waals surface area contributed by atoms with Crippen molar-refractivity contribution in [1.82, 2.24) is 5.32 Å². The molecule has 4 rings (SSSR count). The molecular weight excluding hydrogens is 348 g/mol. The lowest BCUT2D eigenvalue weighted by molar-refractivity contribution is -0.116. The van der Waals surface area contributed by atoms with Crippen LogP contribution in [0.4, 0.5) is 5.69 Å². The zero-order chi connectivity index (χ0) is 19.3. The van der Waals surface area contributed by atoms with Crippen molar-refractivity contribution in [2.75, 3.05) is 11.9 Å². The molecule has 3 aromatic carbocycles. The van der Waals surface area contributed by atoms with Gasteiger partial charge in [0.25, 0.3) is 5.91 Å². The van der Waals surface area contributed by atoms with E-state index in [9.17, 15) is 9.59 Å². The van der Waals surface area contributed by atoms with E-state index in [-0.39, 0.29) is 17.7 Å². The van der Waals surface area contributed by atoms with Crippen molar-refractivity contribution >= 4 is 17.5 Å². The molecular formula is C24H22N2O2. The maximum Gasteiger partial charge on any atom is 0.251 e. The van der Waals surface area contributed by atoms with Gasteiger partial charge >= 0.3 is 0 Å². The highest BCUT2D eigenvalue weighted by Crippen LogP contribution is 2.25. The van der Waals surface area contributed by atoms with Gasteiger partial charge in [-0.25, -0.2) is 0 Å². The number of anilines is 1. The van der Waals surface area contributed by atoms with Crippen LogP contribution < -0.4 is 10.6 Å². The molecule has 0 aliphatic carbocycles. The Morgan fingerprint density at radius 1 is 0.893 bits per heavy atom. The number of carbonyl (C=O) groups is 2. The van der Waals surface area contributed by atoms with E-state index >= 15 is 0 Å². The second-order valence-corrected chi connectivity index (χ2v) is 7.00. The fourth-order valence-corrected chi connectivity index (χ4v) is 3.62. The first kappa shape index (κ1) is 18.0. The Morgan fingerprint density at radius 3 is 2.18 bits per heavy atom. The third-order valence-electron chi connectivity index (χ3n) is 5.13. The van der Waals surface area contributed by atoms with Crippen LogP contribution in [0.25, 0.3) is 0 Å². The molecule has 140 valence electrons. The molecule has 0 unspecified atom stereocenters. The molecule has 4 nitrogen and oxygen atoms in total. The normalized spacial score (nSPS) is 13.0. The van der Waals surface area contributed by atoms with E-state index in [1.54, 1.807) is 6.07 Å². The summed E-state index contributed by atoms with van der Waals surface area (Å²) >= 11 is 0. The molecule has 28 heavy (non-hydrogen) atoms. The molecule has 4 heteroatoms. The summed E-state index contributed by atoms with van der Waals surface area (Å²) in [7, 11) is 0. The molecule has 0 atom stereocenters. The van der Waals surface area contributed by atoms with Crippen molar-refractivity contribution in [1.29, 1.82) is 0 Å². The maximum atomic E-state index is 12.8. The fourth-order valence-electron chi connectivity index (χ4n) is 3.62. The molecule has 2 amide bonds. The number of fused-ring (bicyclic) bond motifs is 1. The molecule has 3 aromatic rings. The quantitative estimate of drug-likeness (QED) is 0.709. The highest BCUT2D eigenvalue weighted by Gasteiger charge is 2.18. The summed E-state index contributed by atoms with van der Waals surface area (Å²) in [6.45, 7) is 0.515. The minimum atomic E-state index is -0.100. The van der Waals surface area contributed by atoms with Crippen LogP contribution in [0, 0.1) is 0 Å². The molecule has 1 heterocycles. The van der Waals surface area contributed by atoms with Gasteiger partial charge in [0.05, 0.1) is 0 Å². The van der Waals surface area contributed by atoms with Crippen LogP contribution in [-0.4, -0.2) is 18.4 Å². The van der Waals surface area contributed by atoms with Gasteiger partial charge in [0.1, 0.15) is 0 Å². The third-order valence-corrected chi connectivity index (χ3v) is 5.13. The minimum Gasteiger partial charge on any atom is -0.351 e. The van der Waals surface area contributed by atoms with Gasteiger partial charge < -0.3 is 10.6 Å². The number of hydrogen-bond donors (Lipinski definition) is 2. The Hall–Kier alpha value is -3.40. The lowest BCUT2D eigenvalue weighted by atomic mass is 9.91. The fraction of sp³-hybridized carbons (Fsp3) is 0.167. The van der Waals surface area contributed by atoms with Crippen molar-refractivity contribution in [2.45, 2.75) is 18.8 Å². The van der Waals surface area contributed by atoms with Crippen LogP contribution in [-0.2, 0) is 11.2 Å². The predicted molar refractivity (Wildman–Crippen MR) is 110 cm³/mol. The predicted octanol–water partition coefficient (Wildman–Crippen LogP) is 4.13. The number of rotatable bonds is 5. The Morgan fingerprint density at radius 2 is 1.54 bits per heavy atom. The molecule has 0 saturated carbocycles.